The van der Waals surface area contributed by atoms with E-state index in [1.54, 1.807) is 0 Å². The highest BCUT2D eigenvalue weighted by Gasteiger charge is 2.43. The predicted octanol–water partition coefficient (Wildman–Crippen LogP) is 2.80. The molecule has 0 aliphatic carbocycles. The molecule has 5 nitrogen and oxygen atoms in total. The van der Waals surface area contributed by atoms with Gasteiger partial charge in [0.25, 0.3) is 0 Å². The first-order valence-electron chi connectivity index (χ1n) is 8.54. The van der Waals surface area contributed by atoms with Crippen LogP contribution >= 0.6 is 0 Å². The van der Waals surface area contributed by atoms with E-state index in [0.29, 0.717) is 0 Å². The SMILES string of the molecule is O=C1NC(c2cccc(-c3cn[nH]c3)c2)N2CCc3ccccc3C12. The highest BCUT2D eigenvalue weighted by atomic mass is 16.2. The molecule has 0 saturated carbocycles. The summed E-state index contributed by atoms with van der Waals surface area (Å²) in [5.41, 5.74) is 5.67. The normalized spacial score (nSPS) is 22.3. The average Bonchev–Trinajstić information content (AvgIpc) is 3.30. The summed E-state index contributed by atoms with van der Waals surface area (Å²) in [6.45, 7) is 0.876. The van der Waals surface area contributed by atoms with E-state index in [4.69, 9.17) is 0 Å². The molecule has 0 radical (unpaired) electrons. The van der Waals surface area contributed by atoms with Gasteiger partial charge in [0, 0.05) is 18.3 Å². The Morgan fingerprint density at radius 3 is 2.88 bits per heavy atom. The van der Waals surface area contributed by atoms with Gasteiger partial charge in [0.15, 0.2) is 0 Å². The number of carbonyl (C=O) groups excluding carboxylic acids is 1. The van der Waals surface area contributed by atoms with Crippen molar-refractivity contribution in [1.29, 1.82) is 0 Å². The molecular formula is C20H18N4O. The lowest BCUT2D eigenvalue weighted by Gasteiger charge is -2.33. The second-order valence-electron chi connectivity index (χ2n) is 6.61. The Hall–Kier alpha value is -2.92. The zero-order valence-corrected chi connectivity index (χ0v) is 13.6. The quantitative estimate of drug-likeness (QED) is 0.759. The van der Waals surface area contributed by atoms with Gasteiger partial charge in [-0.3, -0.25) is 14.8 Å². The number of carbonyl (C=O) groups is 1. The zero-order valence-electron chi connectivity index (χ0n) is 13.6. The third-order valence-electron chi connectivity index (χ3n) is 5.21. The fraction of sp³-hybridized carbons (Fsp3) is 0.200. The maximum absolute atomic E-state index is 12.7. The maximum Gasteiger partial charge on any atom is 0.243 e. The number of H-pyrrole nitrogens is 1. The molecule has 2 aromatic carbocycles. The van der Waals surface area contributed by atoms with Gasteiger partial charge in [-0.2, -0.15) is 5.10 Å². The Morgan fingerprint density at radius 1 is 1.08 bits per heavy atom. The van der Waals surface area contributed by atoms with Gasteiger partial charge in [0.1, 0.15) is 12.2 Å². The van der Waals surface area contributed by atoms with Crippen molar-refractivity contribution in [3.8, 4) is 11.1 Å². The summed E-state index contributed by atoms with van der Waals surface area (Å²) in [6, 6.07) is 16.4. The molecule has 3 heterocycles. The van der Waals surface area contributed by atoms with Crippen LogP contribution in [0.4, 0.5) is 0 Å². The van der Waals surface area contributed by atoms with Crippen LogP contribution in [-0.2, 0) is 11.2 Å². The maximum atomic E-state index is 12.7. The highest BCUT2D eigenvalue weighted by Crippen LogP contribution is 2.40. The highest BCUT2D eigenvalue weighted by molar-refractivity contribution is 5.86. The molecule has 0 bridgehead atoms. The van der Waals surface area contributed by atoms with Crippen LogP contribution in [0.15, 0.2) is 60.9 Å². The summed E-state index contributed by atoms with van der Waals surface area (Å²) in [5, 5.41) is 10.1. The summed E-state index contributed by atoms with van der Waals surface area (Å²) in [7, 11) is 0. The van der Waals surface area contributed by atoms with E-state index in [1.165, 1.54) is 5.56 Å². The largest absolute Gasteiger partial charge is 0.335 e. The Balaban J connectivity index is 1.53. The van der Waals surface area contributed by atoms with Crippen LogP contribution in [0.25, 0.3) is 11.1 Å². The van der Waals surface area contributed by atoms with Crippen molar-refractivity contribution in [2.45, 2.75) is 18.6 Å². The molecule has 2 unspecified atom stereocenters. The van der Waals surface area contributed by atoms with Gasteiger partial charge in [-0.15, -0.1) is 0 Å². The number of aromatic amines is 1. The topological polar surface area (TPSA) is 61.0 Å². The number of hydrogen-bond acceptors (Lipinski definition) is 3. The van der Waals surface area contributed by atoms with Crippen LogP contribution in [0, 0.1) is 0 Å². The molecule has 124 valence electrons. The lowest BCUT2D eigenvalue weighted by atomic mass is 9.92. The van der Waals surface area contributed by atoms with Crippen molar-refractivity contribution in [1.82, 2.24) is 20.4 Å². The molecule has 0 spiro atoms. The molecule has 3 aromatic rings. The van der Waals surface area contributed by atoms with Crippen molar-refractivity contribution >= 4 is 5.91 Å². The molecule has 2 N–H and O–H groups in total. The van der Waals surface area contributed by atoms with Crippen LogP contribution in [0.5, 0.6) is 0 Å². The van der Waals surface area contributed by atoms with Crippen LogP contribution in [0.3, 0.4) is 0 Å². The van der Waals surface area contributed by atoms with Crippen LogP contribution < -0.4 is 5.32 Å². The van der Waals surface area contributed by atoms with E-state index in [-0.39, 0.29) is 18.1 Å². The number of benzene rings is 2. The van der Waals surface area contributed by atoms with Crippen molar-refractivity contribution in [3.63, 3.8) is 0 Å². The lowest BCUT2D eigenvalue weighted by molar-refractivity contribution is -0.121. The number of amides is 1. The van der Waals surface area contributed by atoms with Gasteiger partial charge in [0.2, 0.25) is 5.91 Å². The van der Waals surface area contributed by atoms with Gasteiger partial charge in [-0.05, 0) is 34.7 Å². The predicted molar refractivity (Wildman–Crippen MR) is 94.5 cm³/mol. The Labute approximate surface area is 145 Å². The molecule has 1 fully saturated rings. The third-order valence-corrected chi connectivity index (χ3v) is 5.21. The summed E-state index contributed by atoms with van der Waals surface area (Å²) in [6.07, 6.45) is 4.58. The summed E-state index contributed by atoms with van der Waals surface area (Å²) >= 11 is 0. The summed E-state index contributed by atoms with van der Waals surface area (Å²) in [5.74, 6) is 0.0888. The van der Waals surface area contributed by atoms with Crippen LogP contribution in [-0.4, -0.2) is 27.5 Å². The monoisotopic (exact) mass is 330 g/mol. The molecule has 2 aliphatic rings. The smallest absolute Gasteiger partial charge is 0.243 e. The molecular weight excluding hydrogens is 312 g/mol. The number of nitrogens with zero attached hydrogens (tertiary/aromatic N) is 2. The van der Waals surface area contributed by atoms with E-state index in [1.807, 2.05) is 30.6 Å². The fourth-order valence-electron chi connectivity index (χ4n) is 4.02. The first-order valence-corrected chi connectivity index (χ1v) is 8.54. The second-order valence-corrected chi connectivity index (χ2v) is 6.61. The molecule has 25 heavy (non-hydrogen) atoms. The van der Waals surface area contributed by atoms with Crippen molar-refractivity contribution < 1.29 is 4.79 Å². The van der Waals surface area contributed by atoms with Crippen LogP contribution in [0.2, 0.25) is 0 Å². The van der Waals surface area contributed by atoms with E-state index in [9.17, 15) is 4.79 Å². The fourth-order valence-corrected chi connectivity index (χ4v) is 4.02. The van der Waals surface area contributed by atoms with E-state index >= 15 is 0 Å². The molecule has 2 aliphatic heterocycles. The standard InChI is InChI=1S/C20H18N4O/c25-20-18-17-7-2-1-4-13(17)8-9-24(18)19(23-20)15-6-3-5-14(10-15)16-11-21-22-12-16/h1-7,10-12,18-19H,8-9H2,(H,21,22)(H,23,25). The molecule has 5 rings (SSSR count). The van der Waals surface area contributed by atoms with Crippen molar-refractivity contribution in [2.24, 2.45) is 0 Å². The first-order chi connectivity index (χ1) is 12.3. The van der Waals surface area contributed by atoms with Gasteiger partial charge in [-0.25, -0.2) is 0 Å². The number of aromatic nitrogens is 2. The minimum Gasteiger partial charge on any atom is -0.335 e. The number of nitrogens with one attached hydrogen (secondary N) is 2. The average molecular weight is 330 g/mol. The van der Waals surface area contributed by atoms with Gasteiger partial charge >= 0.3 is 0 Å². The van der Waals surface area contributed by atoms with Crippen LogP contribution in [0.1, 0.15) is 28.9 Å². The molecule has 2 atom stereocenters. The lowest BCUT2D eigenvalue weighted by Crippen LogP contribution is -2.35. The third kappa shape index (κ3) is 2.27. The molecule has 5 heteroatoms. The van der Waals surface area contributed by atoms with Gasteiger partial charge in [-0.1, -0.05) is 42.5 Å². The Morgan fingerprint density at radius 2 is 2.00 bits per heavy atom. The summed E-state index contributed by atoms with van der Waals surface area (Å²) < 4.78 is 0. The van der Waals surface area contributed by atoms with E-state index in [0.717, 1.165) is 35.2 Å². The van der Waals surface area contributed by atoms with E-state index < -0.39 is 0 Å². The van der Waals surface area contributed by atoms with Gasteiger partial charge < -0.3 is 5.32 Å². The minimum atomic E-state index is -0.187. The number of rotatable bonds is 2. The Bertz CT molecular complexity index is 934. The van der Waals surface area contributed by atoms with Gasteiger partial charge in [0.05, 0.1) is 6.20 Å². The van der Waals surface area contributed by atoms with Crippen molar-refractivity contribution in [3.05, 3.63) is 77.6 Å². The molecule has 1 amide bonds. The van der Waals surface area contributed by atoms with Crippen molar-refractivity contribution in [2.75, 3.05) is 6.54 Å². The summed E-state index contributed by atoms with van der Waals surface area (Å²) in [4.78, 5) is 15.0. The Kier molecular flexibility index (Phi) is 3.21. The zero-order chi connectivity index (χ0) is 16.8. The minimum absolute atomic E-state index is 0.0855. The van der Waals surface area contributed by atoms with E-state index in [2.05, 4.69) is 50.7 Å². The number of fused-ring (bicyclic) bond motifs is 3. The number of hydrogen-bond donors (Lipinski definition) is 2. The second kappa shape index (κ2) is 5.57. The molecule has 1 saturated heterocycles. The molecule has 1 aromatic heterocycles. The first kappa shape index (κ1) is 14.4.